The number of ether oxygens (including phenoxy) is 1. The molecule has 0 aliphatic carbocycles. The van der Waals surface area contributed by atoms with Crippen LogP contribution in [0.15, 0.2) is 59.4 Å². The van der Waals surface area contributed by atoms with Crippen molar-refractivity contribution in [1.82, 2.24) is 20.2 Å². The number of rotatable bonds is 8. The van der Waals surface area contributed by atoms with Crippen LogP contribution >= 0.6 is 11.6 Å². The average Bonchev–Trinajstić information content (AvgIpc) is 3.36. The molecular weight excluding hydrogens is 472 g/mol. The number of halogens is 1. The molecule has 1 atom stereocenters. The second-order valence-corrected chi connectivity index (χ2v) is 8.51. The maximum absolute atomic E-state index is 12.9. The van der Waals surface area contributed by atoms with E-state index in [1.165, 1.54) is 0 Å². The molecule has 0 saturated carbocycles. The van der Waals surface area contributed by atoms with Crippen LogP contribution in [0.25, 0.3) is 0 Å². The van der Waals surface area contributed by atoms with Gasteiger partial charge in [-0.15, -0.1) is 0 Å². The number of carbonyl (C=O) groups is 2. The van der Waals surface area contributed by atoms with E-state index < -0.39 is 23.3 Å². The largest absolute Gasteiger partial charge is 0.501 e. The molecule has 0 spiro atoms. The van der Waals surface area contributed by atoms with Crippen LogP contribution in [0.3, 0.4) is 0 Å². The summed E-state index contributed by atoms with van der Waals surface area (Å²) in [6.45, 7) is 0.507. The van der Waals surface area contributed by atoms with Crippen molar-refractivity contribution < 1.29 is 19.4 Å². The second-order valence-electron chi connectivity index (χ2n) is 8.10. The average molecular weight is 497 g/mol. The van der Waals surface area contributed by atoms with Gasteiger partial charge in [-0.3, -0.25) is 14.4 Å². The van der Waals surface area contributed by atoms with E-state index in [4.69, 9.17) is 16.3 Å². The fraction of sp³-hybridized carbons (Fsp3) is 0.280. The molecular formula is C25H25ClN4O5. The summed E-state index contributed by atoms with van der Waals surface area (Å²) in [6.07, 6.45) is 1.81. The molecule has 3 aromatic rings. The Kier molecular flexibility index (Phi) is 7.67. The Labute approximate surface area is 206 Å². The zero-order valence-corrected chi connectivity index (χ0v) is 19.6. The van der Waals surface area contributed by atoms with Crippen LogP contribution in [0.5, 0.6) is 11.5 Å². The molecule has 1 aliphatic heterocycles. The summed E-state index contributed by atoms with van der Waals surface area (Å²) in [5, 5.41) is 13.3. The van der Waals surface area contributed by atoms with Crippen molar-refractivity contribution in [1.29, 1.82) is 0 Å². The lowest BCUT2D eigenvalue weighted by Gasteiger charge is -2.24. The second kappa shape index (κ2) is 11.1. The lowest BCUT2D eigenvalue weighted by Crippen LogP contribution is -2.36. The molecule has 0 bridgehead atoms. The lowest BCUT2D eigenvalue weighted by molar-refractivity contribution is -0.134. The highest BCUT2D eigenvalue weighted by molar-refractivity contribution is 6.32. The molecule has 0 unspecified atom stereocenters. The Balaban J connectivity index is 1.45. The number of H-pyrrole nitrogens is 1. The van der Waals surface area contributed by atoms with Crippen molar-refractivity contribution in [2.75, 3.05) is 19.7 Å². The van der Waals surface area contributed by atoms with Gasteiger partial charge >= 0.3 is 0 Å². The zero-order valence-electron chi connectivity index (χ0n) is 18.9. The number of hydrogen-bond acceptors (Lipinski definition) is 6. The number of para-hydroxylation sites is 1. The van der Waals surface area contributed by atoms with Crippen molar-refractivity contribution in [2.45, 2.75) is 25.3 Å². The van der Waals surface area contributed by atoms with Gasteiger partial charge in [0.1, 0.15) is 11.6 Å². The lowest BCUT2D eigenvalue weighted by atomic mass is 10.1. The standard InChI is InChI=1S/C25H25ClN4O5/c26-17-9-4-5-11-19(17)35-15-20(31)30-14-6-10-18(30)23-28-21(22(32)25(34)29-23)24(33)27-13-12-16-7-2-1-3-8-16/h1-5,7-9,11,18,32H,6,10,12-15H2,(H,27,33)(H,28,29,34)/t18-/m0/s1. The van der Waals surface area contributed by atoms with Crippen LogP contribution in [0.4, 0.5) is 0 Å². The Morgan fingerprint density at radius 1 is 1.17 bits per heavy atom. The first-order valence-corrected chi connectivity index (χ1v) is 11.6. The third-order valence-corrected chi connectivity index (χ3v) is 6.06. The highest BCUT2D eigenvalue weighted by Gasteiger charge is 2.33. The topological polar surface area (TPSA) is 125 Å². The summed E-state index contributed by atoms with van der Waals surface area (Å²) >= 11 is 6.08. The number of likely N-dealkylation sites (tertiary alicyclic amines) is 1. The number of amides is 2. The summed E-state index contributed by atoms with van der Waals surface area (Å²) in [6, 6.07) is 15.9. The normalized spacial score (nSPS) is 15.1. The van der Waals surface area contributed by atoms with E-state index in [1.807, 2.05) is 30.3 Å². The number of nitrogens with zero attached hydrogens (tertiary/aromatic N) is 2. The number of aromatic nitrogens is 2. The third-order valence-electron chi connectivity index (χ3n) is 5.75. The van der Waals surface area contributed by atoms with E-state index in [9.17, 15) is 19.5 Å². The van der Waals surface area contributed by atoms with Gasteiger partial charge in [0.2, 0.25) is 5.75 Å². The van der Waals surface area contributed by atoms with Gasteiger partial charge < -0.3 is 25.0 Å². The smallest absolute Gasteiger partial charge is 0.294 e. The van der Waals surface area contributed by atoms with Crippen molar-refractivity contribution in [3.8, 4) is 11.5 Å². The highest BCUT2D eigenvalue weighted by atomic mass is 35.5. The molecule has 3 N–H and O–H groups in total. The number of carbonyl (C=O) groups excluding carboxylic acids is 2. The molecule has 0 radical (unpaired) electrons. The Bertz CT molecular complexity index is 1260. The van der Waals surface area contributed by atoms with Crippen molar-refractivity contribution >= 4 is 23.4 Å². The molecule has 2 aromatic carbocycles. The van der Waals surface area contributed by atoms with Crippen LogP contribution in [-0.4, -0.2) is 51.5 Å². The predicted octanol–water partition coefficient (Wildman–Crippen LogP) is 2.84. The molecule has 1 fully saturated rings. The van der Waals surface area contributed by atoms with E-state index in [0.717, 1.165) is 5.56 Å². The van der Waals surface area contributed by atoms with Crippen LogP contribution in [-0.2, 0) is 11.2 Å². The van der Waals surface area contributed by atoms with Gasteiger partial charge in [0.15, 0.2) is 12.3 Å². The van der Waals surface area contributed by atoms with Gasteiger partial charge in [-0.25, -0.2) is 4.98 Å². The molecule has 1 aromatic heterocycles. The van der Waals surface area contributed by atoms with E-state index in [0.29, 0.717) is 43.1 Å². The molecule has 2 amide bonds. The fourth-order valence-electron chi connectivity index (χ4n) is 3.98. The maximum atomic E-state index is 12.9. The molecule has 1 saturated heterocycles. The van der Waals surface area contributed by atoms with Gasteiger partial charge in [-0.1, -0.05) is 54.1 Å². The summed E-state index contributed by atoms with van der Waals surface area (Å²) in [7, 11) is 0. The van der Waals surface area contributed by atoms with Crippen LogP contribution in [0.2, 0.25) is 5.02 Å². The Morgan fingerprint density at radius 2 is 1.91 bits per heavy atom. The molecule has 4 rings (SSSR count). The van der Waals surface area contributed by atoms with Gasteiger partial charge in [-0.05, 0) is 37.0 Å². The van der Waals surface area contributed by atoms with Gasteiger partial charge in [0.25, 0.3) is 17.4 Å². The van der Waals surface area contributed by atoms with Gasteiger partial charge in [0.05, 0.1) is 11.1 Å². The summed E-state index contributed by atoms with van der Waals surface area (Å²) < 4.78 is 5.56. The fourth-order valence-corrected chi connectivity index (χ4v) is 4.17. The van der Waals surface area contributed by atoms with Gasteiger partial charge in [-0.2, -0.15) is 0 Å². The first-order valence-electron chi connectivity index (χ1n) is 11.3. The number of benzene rings is 2. The molecule has 2 heterocycles. The van der Waals surface area contributed by atoms with E-state index in [2.05, 4.69) is 15.3 Å². The summed E-state index contributed by atoms with van der Waals surface area (Å²) in [5.41, 5.74) is -0.172. The molecule has 9 nitrogen and oxygen atoms in total. The molecule has 10 heteroatoms. The summed E-state index contributed by atoms with van der Waals surface area (Å²) in [4.78, 5) is 46.2. The Morgan fingerprint density at radius 3 is 2.69 bits per heavy atom. The predicted molar refractivity (Wildman–Crippen MR) is 130 cm³/mol. The van der Waals surface area contributed by atoms with Crippen molar-refractivity contribution in [2.24, 2.45) is 0 Å². The van der Waals surface area contributed by atoms with E-state index >= 15 is 0 Å². The van der Waals surface area contributed by atoms with Crippen LogP contribution in [0, 0.1) is 0 Å². The quantitative estimate of drug-likeness (QED) is 0.440. The molecule has 35 heavy (non-hydrogen) atoms. The highest BCUT2D eigenvalue weighted by Crippen LogP contribution is 2.30. The minimum absolute atomic E-state index is 0.143. The number of aromatic hydroxyl groups is 1. The van der Waals surface area contributed by atoms with Crippen LogP contribution in [0.1, 0.15) is 40.8 Å². The first kappa shape index (κ1) is 24.3. The van der Waals surface area contributed by atoms with Crippen molar-refractivity contribution in [3.63, 3.8) is 0 Å². The van der Waals surface area contributed by atoms with Crippen molar-refractivity contribution in [3.05, 3.63) is 87.1 Å². The van der Waals surface area contributed by atoms with E-state index in [1.54, 1.807) is 29.2 Å². The van der Waals surface area contributed by atoms with Crippen LogP contribution < -0.4 is 15.6 Å². The monoisotopic (exact) mass is 496 g/mol. The summed E-state index contributed by atoms with van der Waals surface area (Å²) in [5.74, 6) is -1.20. The first-order chi connectivity index (χ1) is 16.9. The Hall–Kier alpha value is -3.85. The third kappa shape index (κ3) is 5.81. The molecule has 1 aliphatic rings. The maximum Gasteiger partial charge on any atom is 0.294 e. The van der Waals surface area contributed by atoms with Gasteiger partial charge in [0, 0.05) is 13.1 Å². The number of nitrogens with one attached hydrogen (secondary N) is 2. The number of hydrogen-bond donors (Lipinski definition) is 3. The SMILES string of the molecule is O=C(NCCc1ccccc1)c1nc([C@@H]2CCCN2C(=O)COc2ccccc2Cl)[nH]c(=O)c1O. The minimum atomic E-state index is -0.838. The van der Waals surface area contributed by atoms with E-state index in [-0.39, 0.29) is 24.0 Å². The zero-order chi connectivity index (χ0) is 24.8. The molecule has 182 valence electrons. The minimum Gasteiger partial charge on any atom is -0.501 e. The number of aromatic amines is 1.